The Morgan fingerprint density at radius 2 is 1.94 bits per heavy atom. The lowest BCUT2D eigenvalue weighted by Crippen LogP contribution is -1.96. The summed E-state index contributed by atoms with van der Waals surface area (Å²) in [5, 5.41) is 1.47. The van der Waals surface area contributed by atoms with Crippen LogP contribution in [0.5, 0.6) is 0 Å². The second kappa shape index (κ2) is 3.57. The average Bonchev–Trinajstić information content (AvgIpc) is 3.03. The van der Waals surface area contributed by atoms with Crippen LogP contribution >= 0.6 is 11.3 Å². The largest absolute Gasteiger partial charge is 0.326 e. The molecule has 0 atom stereocenters. The molecule has 0 saturated heterocycles. The first-order valence-corrected chi connectivity index (χ1v) is 6.75. The van der Waals surface area contributed by atoms with Gasteiger partial charge in [0.1, 0.15) is 0 Å². The number of aryl methyl sites for hydroxylation is 2. The third-order valence-corrected chi connectivity index (χ3v) is 4.78. The number of hydrogen-bond acceptors (Lipinski definition) is 2. The predicted octanol–water partition coefficient (Wildman–Crippen LogP) is 3.85. The Hall–Kier alpha value is -0.860. The molecule has 1 fully saturated rings. The van der Waals surface area contributed by atoms with E-state index in [1.165, 1.54) is 38.9 Å². The van der Waals surface area contributed by atoms with Crippen molar-refractivity contribution in [1.82, 2.24) is 0 Å². The number of nitrogens with two attached hydrogens (primary N) is 1. The molecule has 16 heavy (non-hydrogen) atoms. The number of thiophene rings is 1. The first kappa shape index (κ1) is 10.3. The zero-order chi connectivity index (χ0) is 11.3. The molecular formula is C14H17NS. The SMILES string of the molecule is Cc1cc2sc(CN)c(C3CC3)c2cc1C. The van der Waals surface area contributed by atoms with Gasteiger partial charge in [-0.3, -0.25) is 0 Å². The summed E-state index contributed by atoms with van der Waals surface area (Å²) in [6, 6.07) is 4.67. The third kappa shape index (κ3) is 1.48. The minimum absolute atomic E-state index is 0.698. The van der Waals surface area contributed by atoms with Gasteiger partial charge in [0.15, 0.2) is 0 Å². The van der Waals surface area contributed by atoms with E-state index in [0.717, 1.165) is 5.92 Å². The van der Waals surface area contributed by atoms with Gasteiger partial charge >= 0.3 is 0 Å². The van der Waals surface area contributed by atoms with Gasteiger partial charge in [0.2, 0.25) is 0 Å². The maximum atomic E-state index is 5.87. The molecule has 2 N–H and O–H groups in total. The summed E-state index contributed by atoms with van der Waals surface area (Å²) in [6.45, 7) is 5.09. The fourth-order valence-electron chi connectivity index (χ4n) is 2.39. The van der Waals surface area contributed by atoms with Crippen molar-refractivity contribution < 1.29 is 0 Å². The van der Waals surface area contributed by atoms with Crippen molar-refractivity contribution in [2.75, 3.05) is 0 Å². The smallest absolute Gasteiger partial charge is 0.0351 e. The van der Waals surface area contributed by atoms with Gasteiger partial charge in [-0.25, -0.2) is 0 Å². The topological polar surface area (TPSA) is 26.0 Å². The van der Waals surface area contributed by atoms with Crippen molar-refractivity contribution in [3.8, 4) is 0 Å². The Bertz CT molecular complexity index is 549. The molecular weight excluding hydrogens is 214 g/mol. The van der Waals surface area contributed by atoms with E-state index in [1.807, 2.05) is 11.3 Å². The van der Waals surface area contributed by atoms with Gasteiger partial charge in [-0.1, -0.05) is 6.07 Å². The van der Waals surface area contributed by atoms with E-state index >= 15 is 0 Å². The second-order valence-electron chi connectivity index (χ2n) is 4.85. The molecule has 1 aliphatic rings. The zero-order valence-corrected chi connectivity index (χ0v) is 10.7. The Labute approximate surface area is 100 Å². The Morgan fingerprint density at radius 1 is 1.25 bits per heavy atom. The van der Waals surface area contributed by atoms with Crippen LogP contribution in [0.25, 0.3) is 10.1 Å². The van der Waals surface area contributed by atoms with Gasteiger partial charge in [-0.05, 0) is 60.7 Å². The van der Waals surface area contributed by atoms with Crippen LogP contribution in [0.2, 0.25) is 0 Å². The molecule has 1 aliphatic carbocycles. The summed E-state index contributed by atoms with van der Waals surface area (Å²) in [5.74, 6) is 0.800. The van der Waals surface area contributed by atoms with Crippen molar-refractivity contribution in [2.45, 2.75) is 39.2 Å². The van der Waals surface area contributed by atoms with Crippen LogP contribution in [0.3, 0.4) is 0 Å². The summed E-state index contributed by atoms with van der Waals surface area (Å²) >= 11 is 1.89. The van der Waals surface area contributed by atoms with Gasteiger partial charge in [-0.2, -0.15) is 0 Å². The molecule has 1 aromatic carbocycles. The van der Waals surface area contributed by atoms with E-state index in [1.54, 1.807) is 5.56 Å². The van der Waals surface area contributed by atoms with Crippen molar-refractivity contribution in [3.05, 3.63) is 33.7 Å². The fraction of sp³-hybridized carbons (Fsp3) is 0.429. The van der Waals surface area contributed by atoms with Crippen LogP contribution in [0.15, 0.2) is 12.1 Å². The molecule has 2 aromatic rings. The highest BCUT2D eigenvalue weighted by molar-refractivity contribution is 7.19. The molecule has 2 heteroatoms. The molecule has 0 radical (unpaired) electrons. The van der Waals surface area contributed by atoms with E-state index in [0.29, 0.717) is 6.54 Å². The van der Waals surface area contributed by atoms with Crippen LogP contribution in [0, 0.1) is 13.8 Å². The molecule has 0 spiro atoms. The molecule has 1 saturated carbocycles. The molecule has 84 valence electrons. The minimum Gasteiger partial charge on any atom is -0.326 e. The minimum atomic E-state index is 0.698. The predicted molar refractivity (Wildman–Crippen MR) is 71.2 cm³/mol. The first-order chi connectivity index (χ1) is 7.70. The second-order valence-corrected chi connectivity index (χ2v) is 5.99. The maximum absolute atomic E-state index is 5.87. The van der Waals surface area contributed by atoms with Crippen LogP contribution in [0.1, 0.15) is 40.3 Å². The van der Waals surface area contributed by atoms with Gasteiger partial charge in [-0.15, -0.1) is 11.3 Å². The zero-order valence-electron chi connectivity index (χ0n) is 9.84. The van der Waals surface area contributed by atoms with Crippen molar-refractivity contribution in [3.63, 3.8) is 0 Å². The maximum Gasteiger partial charge on any atom is 0.0351 e. The standard InChI is InChI=1S/C14H17NS/c1-8-5-11-12(6-9(8)2)16-13(7-15)14(11)10-3-4-10/h5-6,10H,3-4,7,15H2,1-2H3. The lowest BCUT2D eigenvalue weighted by molar-refractivity contribution is 1.04. The number of fused-ring (bicyclic) bond motifs is 1. The fourth-order valence-corrected chi connectivity index (χ4v) is 3.64. The summed E-state index contributed by atoms with van der Waals surface area (Å²) in [6.07, 6.45) is 2.71. The van der Waals surface area contributed by atoms with Crippen LogP contribution in [-0.4, -0.2) is 0 Å². The Balaban J connectivity index is 2.31. The highest BCUT2D eigenvalue weighted by atomic mass is 32.1. The summed E-state index contributed by atoms with van der Waals surface area (Å²) in [4.78, 5) is 1.41. The van der Waals surface area contributed by atoms with Crippen molar-refractivity contribution in [2.24, 2.45) is 5.73 Å². The molecule has 3 rings (SSSR count). The van der Waals surface area contributed by atoms with E-state index in [9.17, 15) is 0 Å². The van der Waals surface area contributed by atoms with E-state index in [4.69, 9.17) is 5.73 Å². The summed E-state index contributed by atoms with van der Waals surface area (Å²) < 4.78 is 1.42. The van der Waals surface area contributed by atoms with Crippen molar-refractivity contribution in [1.29, 1.82) is 0 Å². The molecule has 0 bridgehead atoms. The number of rotatable bonds is 2. The highest BCUT2D eigenvalue weighted by Gasteiger charge is 2.29. The average molecular weight is 231 g/mol. The van der Waals surface area contributed by atoms with Crippen LogP contribution < -0.4 is 5.73 Å². The van der Waals surface area contributed by atoms with Gasteiger partial charge in [0, 0.05) is 16.1 Å². The quantitative estimate of drug-likeness (QED) is 0.834. The van der Waals surface area contributed by atoms with Crippen LogP contribution in [0.4, 0.5) is 0 Å². The molecule has 1 heterocycles. The first-order valence-electron chi connectivity index (χ1n) is 5.93. The number of hydrogen-bond donors (Lipinski definition) is 1. The van der Waals surface area contributed by atoms with Gasteiger partial charge < -0.3 is 5.73 Å². The van der Waals surface area contributed by atoms with Gasteiger partial charge in [0.25, 0.3) is 0 Å². The van der Waals surface area contributed by atoms with E-state index < -0.39 is 0 Å². The monoisotopic (exact) mass is 231 g/mol. The number of benzene rings is 1. The van der Waals surface area contributed by atoms with E-state index in [2.05, 4.69) is 26.0 Å². The third-order valence-electron chi connectivity index (χ3n) is 3.59. The van der Waals surface area contributed by atoms with E-state index in [-0.39, 0.29) is 0 Å². The molecule has 0 aliphatic heterocycles. The van der Waals surface area contributed by atoms with Crippen LogP contribution in [-0.2, 0) is 6.54 Å². The summed E-state index contributed by atoms with van der Waals surface area (Å²) in [5.41, 5.74) is 10.2. The molecule has 1 nitrogen and oxygen atoms in total. The highest BCUT2D eigenvalue weighted by Crippen LogP contribution is 2.48. The molecule has 0 amide bonds. The molecule has 0 unspecified atom stereocenters. The lowest BCUT2D eigenvalue weighted by Gasteiger charge is -2.02. The van der Waals surface area contributed by atoms with Crippen molar-refractivity contribution >= 4 is 21.4 Å². The van der Waals surface area contributed by atoms with Gasteiger partial charge in [0.05, 0.1) is 0 Å². The Morgan fingerprint density at radius 3 is 2.56 bits per heavy atom. The summed E-state index contributed by atoms with van der Waals surface area (Å²) in [7, 11) is 0. The normalized spacial score (nSPS) is 15.9. The lowest BCUT2D eigenvalue weighted by atomic mass is 10.0. The molecule has 1 aromatic heterocycles. The Kier molecular flexibility index (Phi) is 2.30.